The summed E-state index contributed by atoms with van der Waals surface area (Å²) in [6.07, 6.45) is 14.2. The van der Waals surface area contributed by atoms with Gasteiger partial charge in [0.1, 0.15) is 11.6 Å². The minimum Gasteiger partial charge on any atom is -0.393 e. The van der Waals surface area contributed by atoms with Crippen LogP contribution in [0.2, 0.25) is 0 Å². The molecule has 2 aromatic heterocycles. The van der Waals surface area contributed by atoms with Crippen LogP contribution in [0.3, 0.4) is 0 Å². The van der Waals surface area contributed by atoms with Crippen molar-refractivity contribution < 1.29 is 50.4 Å². The third-order valence-corrected chi connectivity index (χ3v) is 13.3. The van der Waals surface area contributed by atoms with Gasteiger partial charge in [0.25, 0.3) is 0 Å². The molecule has 0 amide bonds. The van der Waals surface area contributed by atoms with Crippen LogP contribution in [0.5, 0.6) is 0 Å². The normalized spacial score (nSPS) is 32.3. The van der Waals surface area contributed by atoms with Crippen LogP contribution in [-0.4, -0.2) is 51.9 Å². The second-order valence-corrected chi connectivity index (χ2v) is 17.3. The van der Waals surface area contributed by atoms with Crippen LogP contribution in [0.15, 0.2) is 54.6 Å². The first kappa shape index (κ1) is 40.6. The van der Waals surface area contributed by atoms with E-state index in [1.54, 1.807) is 13.8 Å². The first-order chi connectivity index (χ1) is 24.7. The molecule has 12 rings (SSSR count). The van der Waals surface area contributed by atoms with Gasteiger partial charge in [-0.25, -0.2) is 0 Å². The van der Waals surface area contributed by atoms with E-state index >= 15 is 0 Å². The molecule has 8 saturated carbocycles. The zero-order valence-corrected chi connectivity index (χ0v) is 36.4. The van der Waals surface area contributed by atoms with E-state index in [0.29, 0.717) is 18.5 Å². The molecular weight excluding hydrogens is 1020 g/mol. The molecular formula is C43H57Ir2N6O2-. The van der Waals surface area contributed by atoms with Crippen molar-refractivity contribution in [2.75, 3.05) is 0 Å². The summed E-state index contributed by atoms with van der Waals surface area (Å²) in [6, 6.07) is 23.3. The van der Waals surface area contributed by atoms with E-state index in [-0.39, 0.29) is 52.4 Å². The third kappa shape index (κ3) is 8.54. The van der Waals surface area contributed by atoms with Gasteiger partial charge in [-0.2, -0.15) is 5.10 Å². The average Bonchev–Trinajstić information content (AvgIpc) is 3.67. The summed E-state index contributed by atoms with van der Waals surface area (Å²) in [5.41, 5.74) is 2.29. The molecule has 2 atom stereocenters. The molecule has 8 fully saturated rings. The van der Waals surface area contributed by atoms with Gasteiger partial charge >= 0.3 is 0 Å². The fraction of sp³-hybridized carbons (Fsp3) is 0.628. The molecule has 2 heterocycles. The Hall–Kier alpha value is -2.06. The number of aliphatic hydroxyl groups is 2. The molecule has 8 aliphatic carbocycles. The van der Waals surface area contributed by atoms with Gasteiger partial charge in [0.2, 0.25) is 0 Å². The Labute approximate surface area is 343 Å². The van der Waals surface area contributed by atoms with Gasteiger partial charge in [0.15, 0.2) is 5.82 Å². The molecule has 10 heteroatoms. The van der Waals surface area contributed by atoms with E-state index in [2.05, 4.69) is 91.9 Å². The Morgan fingerprint density at radius 1 is 0.585 bits per heavy atom. The zero-order valence-electron chi connectivity index (χ0n) is 31.6. The maximum Gasteiger partial charge on any atom is 0.164 e. The van der Waals surface area contributed by atoms with Crippen LogP contribution in [0.1, 0.15) is 108 Å². The van der Waals surface area contributed by atoms with Crippen LogP contribution in [0.4, 0.5) is 0 Å². The van der Waals surface area contributed by atoms with Crippen LogP contribution in [0, 0.1) is 67.3 Å². The molecule has 4 aromatic rings. The fourth-order valence-corrected chi connectivity index (χ4v) is 12.1. The summed E-state index contributed by atoms with van der Waals surface area (Å²) in [7, 11) is 0. The summed E-state index contributed by atoms with van der Waals surface area (Å²) >= 11 is 0. The second-order valence-electron chi connectivity index (χ2n) is 17.3. The Balaban J connectivity index is 0.000000150. The number of hydrogen-bond donors (Lipinski definition) is 2. The molecule has 0 spiro atoms. The van der Waals surface area contributed by atoms with Crippen molar-refractivity contribution in [3.63, 3.8) is 0 Å². The number of benzene rings is 2. The zero-order chi connectivity index (χ0) is 35.2. The van der Waals surface area contributed by atoms with Crippen molar-refractivity contribution in [1.82, 2.24) is 29.5 Å². The second kappa shape index (κ2) is 17.4. The first-order valence-electron chi connectivity index (χ1n) is 19.9. The predicted molar refractivity (Wildman–Crippen MR) is 199 cm³/mol. The summed E-state index contributed by atoms with van der Waals surface area (Å²) in [5, 5.41) is 35.0. The van der Waals surface area contributed by atoms with E-state index in [1.807, 2.05) is 12.1 Å². The number of aliphatic hydroxyl groups excluding tert-OH is 2. The van der Waals surface area contributed by atoms with Crippen LogP contribution in [-0.2, 0) is 40.2 Å². The molecule has 2 aromatic carbocycles. The number of aryl methyl sites for hydroxylation is 2. The van der Waals surface area contributed by atoms with Crippen molar-refractivity contribution in [2.24, 2.45) is 47.3 Å². The molecule has 8 aliphatic rings. The summed E-state index contributed by atoms with van der Waals surface area (Å²) in [6.45, 7) is 7.56. The Kier molecular flexibility index (Phi) is 13.3. The van der Waals surface area contributed by atoms with Gasteiger partial charge in [-0.05, 0) is 146 Å². The number of rotatable bonds is 6. The van der Waals surface area contributed by atoms with E-state index < -0.39 is 0 Å². The number of hydrogen-bond acceptors (Lipinski definition) is 6. The maximum absolute atomic E-state index is 8.56. The predicted octanol–water partition coefficient (Wildman–Crippen LogP) is 8.43. The van der Waals surface area contributed by atoms with Crippen LogP contribution in [0.25, 0.3) is 22.8 Å². The molecule has 290 valence electrons. The van der Waals surface area contributed by atoms with Gasteiger partial charge in [0, 0.05) is 57.9 Å². The number of nitrogens with zero attached hydrogens (tertiary/aromatic N) is 6. The maximum atomic E-state index is 8.56. The average molecular weight is 1070 g/mol. The van der Waals surface area contributed by atoms with E-state index in [9.17, 15) is 0 Å². The van der Waals surface area contributed by atoms with Crippen LogP contribution < -0.4 is 0 Å². The molecule has 53 heavy (non-hydrogen) atoms. The van der Waals surface area contributed by atoms with Gasteiger partial charge in [0.05, 0.1) is 18.0 Å². The van der Waals surface area contributed by atoms with Gasteiger partial charge in [-0.3, -0.25) is 0 Å². The molecule has 2 radical (unpaired) electrons. The van der Waals surface area contributed by atoms with E-state index in [1.165, 1.54) is 69.8 Å². The minimum absolute atomic E-state index is 0. The molecule has 2 N–H and O–H groups in total. The topological polar surface area (TPSA) is 102 Å². The SMILES string of the molecule is CC(O)CC(C)O.Cc1nnc(-c2[c-]cccc2)n1C1C2CC3CC(C2)CC1C3.Cc1nnc(-c2ccccc2)n1C1C2CC3CC(C2)CC1C3.[Ir].[Ir]. The number of aromatic nitrogens is 6. The standard InChI is InChI=1S/C19H23N3.C19H22N3.C5H12O2.2Ir/c2*1-12-20-21-19(15-5-3-2-4-6-15)22(12)18-16-8-13-7-14(10-16)11-17(18)9-13;1-4(6)3-5(2)7;;/h2-6,13-14,16-18H,7-11H2,1H3;2-5,13-14,16-18H,7-11H2,1H3;4-7H,3H2,1-2H3;;/q;-1;;;. The van der Waals surface area contributed by atoms with Crippen molar-refractivity contribution in [1.29, 1.82) is 0 Å². The Morgan fingerprint density at radius 3 is 1.40 bits per heavy atom. The van der Waals surface area contributed by atoms with E-state index in [0.717, 1.165) is 76.2 Å². The van der Waals surface area contributed by atoms with Crippen molar-refractivity contribution in [2.45, 2.75) is 123 Å². The van der Waals surface area contributed by atoms with E-state index in [4.69, 9.17) is 10.2 Å². The molecule has 0 aliphatic heterocycles. The summed E-state index contributed by atoms with van der Waals surface area (Å²) in [5.74, 6) is 11.7. The summed E-state index contributed by atoms with van der Waals surface area (Å²) in [4.78, 5) is 0. The Bertz CT molecular complexity index is 1570. The monoisotopic (exact) mass is 1080 g/mol. The van der Waals surface area contributed by atoms with Gasteiger partial charge in [-0.1, -0.05) is 30.3 Å². The van der Waals surface area contributed by atoms with Crippen molar-refractivity contribution in [3.8, 4) is 22.8 Å². The third-order valence-electron chi connectivity index (χ3n) is 13.3. The quantitative estimate of drug-likeness (QED) is 0.188. The molecule has 0 saturated heterocycles. The molecule has 8 bridgehead atoms. The van der Waals surface area contributed by atoms with Crippen molar-refractivity contribution in [3.05, 3.63) is 72.3 Å². The Morgan fingerprint density at radius 2 is 1.00 bits per heavy atom. The minimum atomic E-state index is -0.375. The van der Waals surface area contributed by atoms with Gasteiger partial charge in [-0.15, -0.1) is 51.2 Å². The largest absolute Gasteiger partial charge is 0.393 e. The fourth-order valence-electron chi connectivity index (χ4n) is 12.1. The smallest absolute Gasteiger partial charge is 0.164 e. The van der Waals surface area contributed by atoms with Gasteiger partial charge < -0.3 is 19.3 Å². The molecule has 8 nitrogen and oxygen atoms in total. The first-order valence-corrected chi connectivity index (χ1v) is 19.9. The molecule has 2 unspecified atom stereocenters. The van der Waals surface area contributed by atoms with Crippen molar-refractivity contribution >= 4 is 0 Å². The summed E-state index contributed by atoms with van der Waals surface area (Å²) < 4.78 is 4.95. The van der Waals surface area contributed by atoms with Crippen LogP contribution >= 0.6 is 0 Å².